The van der Waals surface area contributed by atoms with Gasteiger partial charge in [0.25, 0.3) is 0 Å². The molecule has 0 amide bonds. The minimum absolute atomic E-state index is 0.0679. The molecule has 3 aromatic rings. The van der Waals surface area contributed by atoms with Crippen molar-refractivity contribution in [2.75, 3.05) is 7.05 Å². The first-order valence-corrected chi connectivity index (χ1v) is 6.31. The van der Waals surface area contributed by atoms with Gasteiger partial charge in [-0.05, 0) is 30.8 Å². The number of rotatable bonds is 3. The van der Waals surface area contributed by atoms with E-state index in [1.807, 2.05) is 37.5 Å². The predicted octanol–water partition coefficient (Wildman–Crippen LogP) is 2.94. The molecule has 0 spiro atoms. The minimum Gasteiger partial charge on any atom is -0.308 e. The molecule has 1 aromatic carbocycles. The van der Waals surface area contributed by atoms with Gasteiger partial charge in [-0.3, -0.25) is 9.97 Å². The summed E-state index contributed by atoms with van der Waals surface area (Å²) < 4.78 is 0. The Morgan fingerprint density at radius 2 is 1.89 bits per heavy atom. The summed E-state index contributed by atoms with van der Waals surface area (Å²) in [4.78, 5) is 8.91. The minimum atomic E-state index is 0.0679. The number of para-hydroxylation sites is 1. The molecule has 0 fully saturated rings. The third kappa shape index (κ3) is 2.33. The van der Waals surface area contributed by atoms with E-state index in [2.05, 4.69) is 34.6 Å². The van der Waals surface area contributed by atoms with Crippen molar-refractivity contribution in [3.05, 3.63) is 72.2 Å². The van der Waals surface area contributed by atoms with Crippen LogP contribution in [0.2, 0.25) is 0 Å². The lowest BCUT2D eigenvalue weighted by molar-refractivity contribution is 0.671. The highest BCUT2D eigenvalue weighted by atomic mass is 14.9. The molecule has 3 heteroatoms. The average Bonchev–Trinajstić information content (AvgIpc) is 2.49. The van der Waals surface area contributed by atoms with Crippen LogP contribution in [-0.4, -0.2) is 17.0 Å². The van der Waals surface area contributed by atoms with Crippen LogP contribution in [0, 0.1) is 0 Å². The van der Waals surface area contributed by atoms with Crippen LogP contribution in [0.25, 0.3) is 10.9 Å². The molecule has 1 unspecified atom stereocenters. The fourth-order valence-corrected chi connectivity index (χ4v) is 2.27. The summed E-state index contributed by atoms with van der Waals surface area (Å²) in [6.07, 6.45) is 3.65. The van der Waals surface area contributed by atoms with Crippen LogP contribution in [0.5, 0.6) is 0 Å². The van der Waals surface area contributed by atoms with Gasteiger partial charge in [-0.25, -0.2) is 0 Å². The van der Waals surface area contributed by atoms with Crippen LogP contribution < -0.4 is 5.32 Å². The van der Waals surface area contributed by atoms with Gasteiger partial charge in [0.1, 0.15) is 0 Å². The number of benzene rings is 1. The highest BCUT2D eigenvalue weighted by molar-refractivity contribution is 5.78. The first kappa shape index (κ1) is 11.8. The second-order valence-corrected chi connectivity index (χ2v) is 4.44. The highest BCUT2D eigenvalue weighted by Crippen LogP contribution is 2.21. The first-order chi connectivity index (χ1) is 9.38. The van der Waals surface area contributed by atoms with Crippen LogP contribution in [0.1, 0.15) is 17.3 Å². The van der Waals surface area contributed by atoms with Gasteiger partial charge in [0.2, 0.25) is 0 Å². The van der Waals surface area contributed by atoms with Crippen molar-refractivity contribution in [3.8, 4) is 0 Å². The van der Waals surface area contributed by atoms with Crippen molar-refractivity contribution in [1.29, 1.82) is 0 Å². The lowest BCUT2D eigenvalue weighted by Crippen LogP contribution is -2.19. The van der Waals surface area contributed by atoms with E-state index in [0.29, 0.717) is 0 Å². The van der Waals surface area contributed by atoms with Crippen LogP contribution >= 0.6 is 0 Å². The van der Waals surface area contributed by atoms with Gasteiger partial charge in [-0.1, -0.05) is 30.3 Å². The zero-order valence-electron chi connectivity index (χ0n) is 10.7. The Hall–Kier alpha value is -2.26. The molecule has 0 aliphatic rings. The number of hydrogen-bond acceptors (Lipinski definition) is 3. The lowest BCUT2D eigenvalue weighted by atomic mass is 10.0. The standard InChI is InChI=1S/C16H15N3/c1-17-16(13-6-4-10-18-11-13)15-9-8-12-5-2-3-7-14(12)19-15/h2-11,16-17H,1H3. The van der Waals surface area contributed by atoms with Crippen molar-refractivity contribution in [1.82, 2.24) is 15.3 Å². The summed E-state index contributed by atoms with van der Waals surface area (Å²) in [5.41, 5.74) is 3.14. The molecule has 2 aromatic heterocycles. The molecule has 1 atom stereocenters. The summed E-state index contributed by atoms with van der Waals surface area (Å²) >= 11 is 0. The van der Waals surface area contributed by atoms with E-state index >= 15 is 0 Å². The molecule has 94 valence electrons. The van der Waals surface area contributed by atoms with E-state index in [4.69, 9.17) is 4.98 Å². The largest absolute Gasteiger partial charge is 0.308 e. The van der Waals surface area contributed by atoms with E-state index in [1.54, 1.807) is 6.20 Å². The molecule has 3 rings (SSSR count). The number of pyridine rings is 2. The Morgan fingerprint density at radius 1 is 1.00 bits per heavy atom. The van der Waals surface area contributed by atoms with Crippen molar-refractivity contribution in [3.63, 3.8) is 0 Å². The monoisotopic (exact) mass is 249 g/mol. The summed E-state index contributed by atoms with van der Waals surface area (Å²) in [5.74, 6) is 0. The first-order valence-electron chi connectivity index (χ1n) is 6.31. The van der Waals surface area contributed by atoms with E-state index in [0.717, 1.165) is 22.2 Å². The zero-order chi connectivity index (χ0) is 13.1. The Bertz CT molecular complexity index is 680. The smallest absolute Gasteiger partial charge is 0.0764 e. The molecule has 0 bridgehead atoms. The second kappa shape index (κ2) is 5.16. The summed E-state index contributed by atoms with van der Waals surface area (Å²) in [6.45, 7) is 0. The number of aromatic nitrogens is 2. The number of nitrogens with one attached hydrogen (secondary N) is 1. The van der Waals surface area contributed by atoms with Gasteiger partial charge in [0.05, 0.1) is 17.3 Å². The number of fused-ring (bicyclic) bond motifs is 1. The van der Waals surface area contributed by atoms with Crippen LogP contribution in [0.15, 0.2) is 60.9 Å². The van der Waals surface area contributed by atoms with Crippen molar-refractivity contribution in [2.24, 2.45) is 0 Å². The molecular weight excluding hydrogens is 234 g/mol. The van der Waals surface area contributed by atoms with Crippen molar-refractivity contribution >= 4 is 10.9 Å². The molecule has 2 heterocycles. The fraction of sp³-hybridized carbons (Fsp3) is 0.125. The highest BCUT2D eigenvalue weighted by Gasteiger charge is 2.13. The van der Waals surface area contributed by atoms with Crippen LogP contribution in [-0.2, 0) is 0 Å². The molecule has 0 aliphatic carbocycles. The topological polar surface area (TPSA) is 37.8 Å². The van der Waals surface area contributed by atoms with Crippen molar-refractivity contribution < 1.29 is 0 Å². The fourth-order valence-electron chi connectivity index (χ4n) is 2.27. The summed E-state index contributed by atoms with van der Waals surface area (Å²) in [7, 11) is 1.94. The lowest BCUT2D eigenvalue weighted by Gasteiger charge is -2.16. The van der Waals surface area contributed by atoms with Gasteiger partial charge < -0.3 is 5.32 Å². The van der Waals surface area contributed by atoms with E-state index in [-0.39, 0.29) is 6.04 Å². The molecular formula is C16H15N3. The third-order valence-electron chi connectivity index (χ3n) is 3.22. The van der Waals surface area contributed by atoms with Gasteiger partial charge in [0.15, 0.2) is 0 Å². The normalized spacial score (nSPS) is 12.5. The van der Waals surface area contributed by atoms with E-state index < -0.39 is 0 Å². The van der Waals surface area contributed by atoms with Crippen LogP contribution in [0.4, 0.5) is 0 Å². The van der Waals surface area contributed by atoms with Crippen LogP contribution in [0.3, 0.4) is 0 Å². The summed E-state index contributed by atoms with van der Waals surface area (Å²) in [6, 6.07) is 16.4. The van der Waals surface area contributed by atoms with Gasteiger partial charge in [-0.2, -0.15) is 0 Å². The number of nitrogens with zero attached hydrogens (tertiary/aromatic N) is 2. The maximum atomic E-state index is 4.73. The zero-order valence-corrected chi connectivity index (χ0v) is 10.7. The third-order valence-corrected chi connectivity index (χ3v) is 3.22. The second-order valence-electron chi connectivity index (χ2n) is 4.44. The predicted molar refractivity (Wildman–Crippen MR) is 76.9 cm³/mol. The van der Waals surface area contributed by atoms with Gasteiger partial charge in [0, 0.05) is 17.8 Å². The van der Waals surface area contributed by atoms with Gasteiger partial charge >= 0.3 is 0 Å². The summed E-state index contributed by atoms with van der Waals surface area (Å²) in [5, 5.41) is 4.46. The molecule has 0 radical (unpaired) electrons. The average molecular weight is 249 g/mol. The molecule has 0 saturated carbocycles. The SMILES string of the molecule is CNC(c1cccnc1)c1ccc2ccccc2n1. The Balaban J connectivity index is 2.06. The molecule has 3 nitrogen and oxygen atoms in total. The van der Waals surface area contributed by atoms with E-state index in [1.165, 1.54) is 0 Å². The molecule has 0 aliphatic heterocycles. The quantitative estimate of drug-likeness (QED) is 0.775. The number of hydrogen-bond donors (Lipinski definition) is 1. The molecule has 19 heavy (non-hydrogen) atoms. The van der Waals surface area contributed by atoms with E-state index in [9.17, 15) is 0 Å². The Labute approximate surface area is 112 Å². The van der Waals surface area contributed by atoms with Gasteiger partial charge in [-0.15, -0.1) is 0 Å². The molecule has 0 saturated heterocycles. The maximum Gasteiger partial charge on any atom is 0.0764 e. The Kier molecular flexibility index (Phi) is 3.21. The Morgan fingerprint density at radius 3 is 2.68 bits per heavy atom. The maximum absolute atomic E-state index is 4.73. The van der Waals surface area contributed by atoms with Crippen molar-refractivity contribution in [2.45, 2.75) is 6.04 Å². The molecule has 1 N–H and O–H groups in total.